The molecule has 2 aromatic carbocycles. The molecule has 6 rings (SSSR count). The highest BCUT2D eigenvalue weighted by molar-refractivity contribution is 6.02. The summed E-state index contributed by atoms with van der Waals surface area (Å²) in [7, 11) is 1.97. The summed E-state index contributed by atoms with van der Waals surface area (Å²) < 4.78 is 22.6. The van der Waals surface area contributed by atoms with Crippen molar-refractivity contribution in [2.75, 3.05) is 13.1 Å². The molecule has 5 nitrogen and oxygen atoms in total. The first-order valence-electron chi connectivity index (χ1n) is 10.7. The molecule has 1 saturated heterocycles. The second kappa shape index (κ2) is 6.06. The molecule has 0 N–H and O–H groups in total. The van der Waals surface area contributed by atoms with E-state index in [9.17, 15) is 9.18 Å². The minimum atomic E-state index is -0.465. The maximum Gasteiger partial charge on any atom is 0.254 e. The van der Waals surface area contributed by atoms with Crippen molar-refractivity contribution in [1.82, 2.24) is 14.5 Å². The molecule has 1 amide bonds. The van der Waals surface area contributed by atoms with Gasteiger partial charge in [0, 0.05) is 31.3 Å². The van der Waals surface area contributed by atoms with Crippen molar-refractivity contribution < 1.29 is 13.9 Å². The zero-order chi connectivity index (χ0) is 20.6. The Morgan fingerprint density at radius 3 is 2.77 bits per heavy atom. The quantitative estimate of drug-likeness (QED) is 0.614. The van der Waals surface area contributed by atoms with E-state index in [2.05, 4.69) is 0 Å². The molecule has 3 heterocycles. The van der Waals surface area contributed by atoms with Crippen LogP contribution in [0.15, 0.2) is 24.3 Å². The molecule has 3 aromatic rings. The van der Waals surface area contributed by atoms with Crippen LogP contribution in [0.2, 0.25) is 0 Å². The van der Waals surface area contributed by atoms with Gasteiger partial charge in [-0.15, -0.1) is 0 Å². The number of hydrogen-bond donors (Lipinski definition) is 0. The highest BCUT2D eigenvalue weighted by Gasteiger charge is 2.45. The maximum atomic E-state index is 13.8. The average Bonchev–Trinajstić information content (AvgIpc) is 3.17. The van der Waals surface area contributed by atoms with Gasteiger partial charge in [-0.1, -0.05) is 6.07 Å². The zero-order valence-corrected chi connectivity index (χ0v) is 17.3. The standard InChI is InChI=1S/C24H24FN3O2/c1-14-26-21-20(27(14)2)13-18(23(29)28-10-3-11-28)17-7-9-24(30-22(17)21)8-6-15-12-16(25)4-5-19(15)24/h4-5,12-13H,3,6-11H2,1-2H3. The van der Waals surface area contributed by atoms with Crippen molar-refractivity contribution in [3.05, 3.63) is 58.2 Å². The van der Waals surface area contributed by atoms with E-state index < -0.39 is 5.60 Å². The molecular formula is C24H24FN3O2. The third kappa shape index (κ3) is 2.33. The highest BCUT2D eigenvalue weighted by atomic mass is 19.1. The predicted molar refractivity (Wildman–Crippen MR) is 111 cm³/mol. The molecule has 30 heavy (non-hydrogen) atoms. The summed E-state index contributed by atoms with van der Waals surface area (Å²) in [5.41, 5.74) is 5.09. The molecule has 1 atom stereocenters. The fourth-order valence-corrected chi connectivity index (χ4v) is 5.31. The van der Waals surface area contributed by atoms with Gasteiger partial charge in [-0.3, -0.25) is 4.79 Å². The van der Waals surface area contributed by atoms with Gasteiger partial charge >= 0.3 is 0 Å². The number of ether oxygens (including phenoxy) is 1. The van der Waals surface area contributed by atoms with Crippen molar-refractivity contribution in [1.29, 1.82) is 0 Å². The number of halogens is 1. The molecule has 154 valence electrons. The average molecular weight is 405 g/mol. The number of hydrogen-bond acceptors (Lipinski definition) is 3. The number of likely N-dealkylation sites (tertiary alicyclic amines) is 1. The van der Waals surface area contributed by atoms with E-state index in [1.54, 1.807) is 6.07 Å². The molecule has 0 bridgehead atoms. The largest absolute Gasteiger partial charge is 0.480 e. The van der Waals surface area contributed by atoms with E-state index in [4.69, 9.17) is 9.72 Å². The summed E-state index contributed by atoms with van der Waals surface area (Å²) in [6.07, 6.45) is 4.23. The SMILES string of the molecule is Cc1nc2c3c(c(C(=O)N4CCC4)cc2n1C)CCC1(CCc2cc(F)ccc21)O3. The molecule has 2 aliphatic heterocycles. The number of fused-ring (bicyclic) bond motifs is 5. The zero-order valence-electron chi connectivity index (χ0n) is 17.3. The van der Waals surface area contributed by atoms with Gasteiger partial charge in [0.2, 0.25) is 0 Å². The summed E-state index contributed by atoms with van der Waals surface area (Å²) in [6, 6.07) is 7.02. The minimum absolute atomic E-state index is 0.0895. The third-order valence-corrected chi connectivity index (χ3v) is 7.26. The molecular weight excluding hydrogens is 381 g/mol. The molecule has 3 aliphatic rings. The lowest BCUT2D eigenvalue weighted by Gasteiger charge is -2.38. The Morgan fingerprint density at radius 2 is 2.00 bits per heavy atom. The summed E-state index contributed by atoms with van der Waals surface area (Å²) in [5, 5.41) is 0. The molecule has 1 aliphatic carbocycles. The maximum absolute atomic E-state index is 13.8. The Balaban J connectivity index is 1.54. The fraction of sp³-hybridized carbons (Fsp3) is 0.417. The lowest BCUT2D eigenvalue weighted by molar-refractivity contribution is 0.0449. The van der Waals surface area contributed by atoms with Crippen LogP contribution in [0.3, 0.4) is 0 Å². The topological polar surface area (TPSA) is 47.4 Å². The summed E-state index contributed by atoms with van der Waals surface area (Å²) in [6.45, 7) is 3.61. The van der Waals surface area contributed by atoms with E-state index in [0.717, 1.165) is 90.1 Å². The molecule has 1 unspecified atom stereocenters. The number of carbonyl (C=O) groups is 1. The Labute approximate surface area is 174 Å². The van der Waals surface area contributed by atoms with Crippen LogP contribution < -0.4 is 4.74 Å². The highest BCUT2D eigenvalue weighted by Crippen LogP contribution is 2.50. The Hall–Kier alpha value is -2.89. The molecule has 6 heteroatoms. The van der Waals surface area contributed by atoms with Crippen molar-refractivity contribution in [3.63, 3.8) is 0 Å². The van der Waals surface area contributed by atoms with Crippen LogP contribution >= 0.6 is 0 Å². The molecule has 0 radical (unpaired) electrons. The Morgan fingerprint density at radius 1 is 1.20 bits per heavy atom. The molecule has 1 spiro atoms. The number of aryl methyl sites for hydroxylation is 3. The van der Waals surface area contributed by atoms with Gasteiger partial charge in [-0.2, -0.15) is 0 Å². The lowest BCUT2D eigenvalue weighted by atomic mass is 9.84. The first kappa shape index (κ1) is 17.9. The number of nitrogens with zero attached hydrogens (tertiary/aromatic N) is 3. The van der Waals surface area contributed by atoms with Gasteiger partial charge in [0.1, 0.15) is 22.8 Å². The van der Waals surface area contributed by atoms with E-state index in [1.165, 1.54) is 6.07 Å². The summed E-state index contributed by atoms with van der Waals surface area (Å²) >= 11 is 0. The number of amides is 1. The predicted octanol–water partition coefficient (Wildman–Crippen LogP) is 4.03. The monoisotopic (exact) mass is 405 g/mol. The number of imidazole rings is 1. The Kier molecular flexibility index (Phi) is 3.62. The Bertz CT molecular complexity index is 1230. The van der Waals surface area contributed by atoms with Crippen LogP contribution in [0.25, 0.3) is 11.0 Å². The van der Waals surface area contributed by atoms with Crippen molar-refractivity contribution >= 4 is 16.9 Å². The van der Waals surface area contributed by atoms with Crippen molar-refractivity contribution in [2.45, 2.75) is 44.6 Å². The normalized spacial score (nSPS) is 22.0. The van der Waals surface area contributed by atoms with Crippen molar-refractivity contribution in [3.8, 4) is 5.75 Å². The smallest absolute Gasteiger partial charge is 0.254 e. The first-order valence-corrected chi connectivity index (χ1v) is 10.7. The van der Waals surface area contributed by atoms with Crippen LogP contribution in [-0.2, 0) is 25.5 Å². The lowest BCUT2D eigenvalue weighted by Crippen LogP contribution is -2.43. The summed E-state index contributed by atoms with van der Waals surface area (Å²) in [4.78, 5) is 19.9. The van der Waals surface area contributed by atoms with Crippen LogP contribution in [-0.4, -0.2) is 33.4 Å². The number of benzene rings is 2. The first-order chi connectivity index (χ1) is 14.5. The molecule has 1 aromatic heterocycles. The van der Waals surface area contributed by atoms with Gasteiger partial charge in [0.15, 0.2) is 5.75 Å². The van der Waals surface area contributed by atoms with E-state index in [-0.39, 0.29) is 11.7 Å². The molecule has 0 saturated carbocycles. The molecule has 1 fully saturated rings. The van der Waals surface area contributed by atoms with Gasteiger partial charge in [-0.25, -0.2) is 9.37 Å². The van der Waals surface area contributed by atoms with E-state index in [1.807, 2.05) is 35.6 Å². The van der Waals surface area contributed by atoms with Crippen LogP contribution in [0.4, 0.5) is 4.39 Å². The van der Waals surface area contributed by atoms with Crippen LogP contribution in [0.1, 0.15) is 52.1 Å². The summed E-state index contributed by atoms with van der Waals surface area (Å²) in [5.74, 6) is 1.51. The second-order valence-corrected chi connectivity index (χ2v) is 8.86. The van der Waals surface area contributed by atoms with Gasteiger partial charge in [0.25, 0.3) is 5.91 Å². The second-order valence-electron chi connectivity index (χ2n) is 8.86. The van der Waals surface area contributed by atoms with E-state index >= 15 is 0 Å². The minimum Gasteiger partial charge on any atom is -0.480 e. The van der Waals surface area contributed by atoms with Crippen LogP contribution in [0.5, 0.6) is 5.75 Å². The third-order valence-electron chi connectivity index (χ3n) is 7.26. The number of rotatable bonds is 1. The number of carbonyl (C=O) groups excluding carboxylic acids is 1. The van der Waals surface area contributed by atoms with Crippen molar-refractivity contribution in [2.24, 2.45) is 7.05 Å². The van der Waals surface area contributed by atoms with Gasteiger partial charge in [0.05, 0.1) is 5.52 Å². The van der Waals surface area contributed by atoms with Gasteiger partial charge < -0.3 is 14.2 Å². The van der Waals surface area contributed by atoms with E-state index in [0.29, 0.717) is 0 Å². The van der Waals surface area contributed by atoms with Gasteiger partial charge in [-0.05, 0) is 68.4 Å². The fourth-order valence-electron chi connectivity index (χ4n) is 5.31. The number of aromatic nitrogens is 2. The van der Waals surface area contributed by atoms with Crippen LogP contribution in [0, 0.1) is 12.7 Å².